The van der Waals surface area contributed by atoms with Gasteiger partial charge in [0.05, 0.1) is 7.05 Å². The number of benzene rings is 6. The second-order valence-electron chi connectivity index (χ2n) is 13.8. The molecule has 0 unspecified atom stereocenters. The monoisotopic (exact) mass is 854 g/mol. The summed E-state index contributed by atoms with van der Waals surface area (Å²) in [6, 6.07) is 57.9. The third-order valence-corrected chi connectivity index (χ3v) is 10.7. The van der Waals surface area contributed by atoms with E-state index >= 15 is 0 Å². The Kier molecular flexibility index (Phi) is 7.69. The molecule has 52 heavy (non-hydrogen) atoms. The van der Waals surface area contributed by atoms with Crippen molar-refractivity contribution in [3.63, 3.8) is 0 Å². The molecule has 0 amide bonds. The van der Waals surface area contributed by atoms with Crippen molar-refractivity contribution in [2.24, 2.45) is 0 Å². The maximum atomic E-state index is 4.94. The molecule has 10 rings (SSSR count). The van der Waals surface area contributed by atoms with E-state index in [4.69, 9.17) is 9.92 Å². The number of para-hydroxylation sites is 3. The van der Waals surface area contributed by atoms with Crippen molar-refractivity contribution >= 4 is 38.9 Å². The van der Waals surface area contributed by atoms with Crippen molar-refractivity contribution < 1.29 is 26.0 Å². The molecule has 0 radical (unpaired) electrons. The third-order valence-electron chi connectivity index (χ3n) is 10.7. The predicted octanol–water partition coefficient (Wildman–Crippen LogP) is 10.7. The van der Waals surface area contributed by atoms with Gasteiger partial charge in [0.15, 0.2) is 0 Å². The molecule has 1 aliphatic carbocycles. The summed E-state index contributed by atoms with van der Waals surface area (Å²) in [6.45, 7) is 4.45. The number of hydrogen-bond donors (Lipinski definition) is 0. The van der Waals surface area contributed by atoms with Gasteiger partial charge in [-0.2, -0.15) is 35.3 Å². The first-order chi connectivity index (χ1) is 25.0. The molecule has 256 valence electrons. The summed E-state index contributed by atoms with van der Waals surface area (Å²) in [4.78, 5) is 9.86. The summed E-state index contributed by atoms with van der Waals surface area (Å²) in [6.07, 6.45) is 1.93. The van der Waals surface area contributed by atoms with Gasteiger partial charge >= 0.3 is 0 Å². The molecule has 3 heterocycles. The van der Waals surface area contributed by atoms with Crippen LogP contribution >= 0.6 is 0 Å². The number of nitrogens with zero attached hydrogens (tertiary/aromatic N) is 4. The molecule has 8 aromatic rings. The molecule has 0 atom stereocenters. The van der Waals surface area contributed by atoms with Gasteiger partial charge in [0.1, 0.15) is 17.2 Å². The summed E-state index contributed by atoms with van der Waals surface area (Å²) >= 11 is 0. The van der Waals surface area contributed by atoms with Gasteiger partial charge in [0.25, 0.3) is 0 Å². The van der Waals surface area contributed by atoms with Crippen molar-refractivity contribution in [2.45, 2.75) is 25.2 Å². The average Bonchev–Trinajstić information content (AvgIpc) is 3.81. The zero-order chi connectivity index (χ0) is 34.3. The molecule has 6 aromatic carbocycles. The molecule has 1 N–H and O–H groups in total. The molecular weight excluding hydrogens is 820 g/mol. The van der Waals surface area contributed by atoms with Crippen molar-refractivity contribution in [1.29, 1.82) is 0 Å². The van der Waals surface area contributed by atoms with E-state index in [1.54, 1.807) is 0 Å². The van der Waals surface area contributed by atoms with Gasteiger partial charge in [0.2, 0.25) is 0 Å². The standard InChI is InChI=1S/C46H34N4O.Pt/c1-30(2)31-25-26-47-45(27-31)49-41-20-9-6-17-37(41)38-24-23-33(29-44(38)49)46(39-18-7-4-15-35(39)36-16-5-8-19-40(36)46)32-13-12-14-34(28-32)50-43-22-11-10-21-42(43)48(3)51-50;/h4-27,30H,1-3H3;/q-2;/p+1. The number of fused-ring (bicyclic) bond motifs is 7. The maximum absolute atomic E-state index is 4.94. The maximum Gasteiger partial charge on any atom is 0.145 e. The van der Waals surface area contributed by atoms with Gasteiger partial charge in [-0.25, -0.2) is 4.98 Å². The van der Waals surface area contributed by atoms with E-state index in [-0.39, 0.29) is 21.1 Å². The molecule has 6 heteroatoms. The molecule has 1 aliphatic heterocycles. The van der Waals surface area contributed by atoms with Gasteiger partial charge < -0.3 is 4.57 Å². The molecule has 0 bridgehead atoms. The van der Waals surface area contributed by atoms with E-state index in [9.17, 15) is 0 Å². The summed E-state index contributed by atoms with van der Waals surface area (Å²) < 4.78 is 2.29. The van der Waals surface area contributed by atoms with E-state index in [1.807, 2.05) is 23.4 Å². The predicted molar refractivity (Wildman–Crippen MR) is 206 cm³/mol. The molecule has 0 spiro atoms. The molecule has 2 aliphatic rings. The van der Waals surface area contributed by atoms with Gasteiger partial charge in [-0.1, -0.05) is 98.2 Å². The Balaban J connectivity index is 0.00000360. The first-order valence-electron chi connectivity index (χ1n) is 17.5. The fraction of sp³-hybridized carbons (Fsp3) is 0.109. The van der Waals surface area contributed by atoms with E-state index in [1.165, 1.54) is 33.2 Å². The minimum atomic E-state index is -0.697. The van der Waals surface area contributed by atoms with Crippen LogP contribution in [0.2, 0.25) is 0 Å². The number of rotatable bonds is 5. The van der Waals surface area contributed by atoms with Gasteiger partial charge in [-0.05, 0) is 69.5 Å². The SMILES string of the molecule is CC(C)c1ccnc(-n2c3[c-]c(C4(c5[c-]c(N6[OH+]N(C)c7ccccc76)ccc5)c5ccccc5-c5ccccc54)ccc3c3ccccc32)c1.[Pt]. The quantitative estimate of drug-likeness (QED) is 0.128. The Labute approximate surface area is 317 Å². The van der Waals surface area contributed by atoms with Crippen LogP contribution in [-0.2, 0) is 26.5 Å². The molecular formula is C46H35N4OPt-. The summed E-state index contributed by atoms with van der Waals surface area (Å²) in [7, 11) is 1.99. The van der Waals surface area contributed by atoms with Crippen LogP contribution in [-0.4, -0.2) is 21.5 Å². The number of hydrogen-bond acceptors (Lipinski definition) is 3. The van der Waals surface area contributed by atoms with Crippen molar-refractivity contribution in [3.05, 3.63) is 186 Å². The smallest absolute Gasteiger partial charge is 0.145 e. The molecule has 5 nitrogen and oxygen atoms in total. The second-order valence-corrected chi connectivity index (χ2v) is 13.8. The van der Waals surface area contributed by atoms with Crippen molar-refractivity contribution in [3.8, 4) is 16.9 Å². The third kappa shape index (κ3) is 4.59. The normalized spacial score (nSPS) is 14.1. The average molecular weight is 855 g/mol. The first-order valence-corrected chi connectivity index (χ1v) is 17.5. The second kappa shape index (κ2) is 12.3. The molecule has 2 aromatic heterocycles. The van der Waals surface area contributed by atoms with Gasteiger partial charge in [-0.3, -0.25) is 0 Å². The number of hydroxylamine groups is 1. The van der Waals surface area contributed by atoms with Gasteiger partial charge in [-0.15, -0.1) is 38.8 Å². The van der Waals surface area contributed by atoms with E-state index in [0.29, 0.717) is 5.92 Å². The molecule has 0 saturated heterocycles. The van der Waals surface area contributed by atoms with Gasteiger partial charge in [0, 0.05) is 43.9 Å². The van der Waals surface area contributed by atoms with Crippen molar-refractivity contribution in [2.75, 3.05) is 17.2 Å². The fourth-order valence-electron chi connectivity index (χ4n) is 8.35. The molecule has 0 saturated carbocycles. The fourth-order valence-corrected chi connectivity index (χ4v) is 8.35. The number of aromatic nitrogens is 2. The van der Waals surface area contributed by atoms with Crippen LogP contribution in [0.25, 0.3) is 38.8 Å². The van der Waals surface area contributed by atoms with Crippen LogP contribution in [0.3, 0.4) is 0 Å². The first kappa shape index (κ1) is 32.4. The number of anilines is 3. The zero-order valence-corrected chi connectivity index (χ0v) is 31.3. The minimum Gasteiger partial charge on any atom is -0.319 e. The Bertz CT molecular complexity index is 2620. The van der Waals surface area contributed by atoms with E-state index in [2.05, 4.69) is 170 Å². The van der Waals surface area contributed by atoms with Crippen LogP contribution < -0.4 is 10.1 Å². The topological polar surface area (TPSA) is 37.1 Å². The largest absolute Gasteiger partial charge is 0.319 e. The van der Waals surface area contributed by atoms with Crippen molar-refractivity contribution in [1.82, 2.24) is 9.55 Å². The Morgan fingerprint density at radius 3 is 2.10 bits per heavy atom. The molecule has 0 fully saturated rings. The van der Waals surface area contributed by atoms with Crippen LogP contribution in [0, 0.1) is 12.1 Å². The zero-order valence-electron chi connectivity index (χ0n) is 29.0. The van der Waals surface area contributed by atoms with Crippen LogP contribution in [0.5, 0.6) is 0 Å². The summed E-state index contributed by atoms with van der Waals surface area (Å²) in [5.74, 6) is 1.28. The van der Waals surface area contributed by atoms with Crippen LogP contribution in [0.15, 0.2) is 146 Å². The van der Waals surface area contributed by atoms with E-state index in [0.717, 1.165) is 50.4 Å². The summed E-state index contributed by atoms with van der Waals surface area (Å²) in [5, 5.41) is 6.25. The Hall–Kier alpha value is -5.48. The van der Waals surface area contributed by atoms with Crippen LogP contribution in [0.1, 0.15) is 47.6 Å². The minimum absolute atomic E-state index is 0. The number of pyridine rings is 1. The van der Waals surface area contributed by atoms with E-state index < -0.39 is 5.41 Å². The Morgan fingerprint density at radius 2 is 1.33 bits per heavy atom. The van der Waals surface area contributed by atoms with Crippen LogP contribution in [0.4, 0.5) is 17.1 Å². The Morgan fingerprint density at radius 1 is 0.654 bits per heavy atom. The summed E-state index contributed by atoms with van der Waals surface area (Å²) in [5.41, 5.74) is 12.6.